The highest BCUT2D eigenvalue weighted by atomic mass is 79.9. The van der Waals surface area contributed by atoms with Gasteiger partial charge < -0.3 is 10.4 Å². The largest absolute Gasteiger partial charge is 0.395 e. The summed E-state index contributed by atoms with van der Waals surface area (Å²) in [6.07, 6.45) is 1.39. The van der Waals surface area contributed by atoms with Gasteiger partial charge in [-0.15, -0.1) is 6.58 Å². The molecule has 21 heavy (non-hydrogen) atoms. The van der Waals surface area contributed by atoms with E-state index in [0.717, 1.165) is 4.31 Å². The van der Waals surface area contributed by atoms with Crippen molar-refractivity contribution in [2.75, 3.05) is 26.7 Å². The lowest BCUT2D eigenvalue weighted by Crippen LogP contribution is -2.34. The number of aliphatic hydroxyl groups is 1. The summed E-state index contributed by atoms with van der Waals surface area (Å²) in [5, 5.41) is 11.8. The van der Waals surface area contributed by atoms with Gasteiger partial charge in [0.25, 0.3) is 0 Å². The summed E-state index contributed by atoms with van der Waals surface area (Å²) in [5.74, 6) is -0.792. The van der Waals surface area contributed by atoms with Crippen molar-refractivity contribution < 1.29 is 17.9 Å². The van der Waals surface area contributed by atoms with Crippen LogP contribution in [0.2, 0.25) is 0 Å². The van der Waals surface area contributed by atoms with Gasteiger partial charge in [-0.3, -0.25) is 0 Å². The van der Waals surface area contributed by atoms with Gasteiger partial charge >= 0.3 is 0 Å². The molecule has 1 rings (SSSR count). The molecular formula is C13H18BrFN2O3S. The number of aliphatic hydroxyl groups excluding tert-OH is 1. The van der Waals surface area contributed by atoms with E-state index < -0.39 is 20.7 Å². The standard InChI is InChI=1S/C13H18BrFN2O3S/c1-3-4-17(5-6-18)21(19,20)12-8-11(14)7-10(9-16-2)13(12)15/h3,7-8,16,18H,1,4-6,9H2,2H3. The number of nitrogens with one attached hydrogen (secondary N) is 1. The summed E-state index contributed by atoms with van der Waals surface area (Å²) in [5.41, 5.74) is 0.244. The van der Waals surface area contributed by atoms with E-state index in [4.69, 9.17) is 5.11 Å². The van der Waals surface area contributed by atoms with Gasteiger partial charge in [-0.25, -0.2) is 12.8 Å². The second kappa shape index (κ2) is 8.00. The minimum Gasteiger partial charge on any atom is -0.395 e. The molecular weight excluding hydrogens is 363 g/mol. The van der Waals surface area contributed by atoms with Crippen LogP contribution in [0.4, 0.5) is 4.39 Å². The monoisotopic (exact) mass is 380 g/mol. The Kier molecular flexibility index (Phi) is 6.95. The molecule has 0 heterocycles. The minimum atomic E-state index is -4.05. The van der Waals surface area contributed by atoms with Crippen molar-refractivity contribution in [1.29, 1.82) is 0 Å². The zero-order chi connectivity index (χ0) is 16.0. The van der Waals surface area contributed by atoms with E-state index in [0.29, 0.717) is 4.47 Å². The fraction of sp³-hybridized carbons (Fsp3) is 0.385. The summed E-state index contributed by atoms with van der Waals surface area (Å²) < 4.78 is 40.9. The Morgan fingerprint density at radius 2 is 2.19 bits per heavy atom. The SMILES string of the molecule is C=CCN(CCO)S(=O)(=O)c1cc(Br)cc(CNC)c1F. The van der Waals surface area contributed by atoms with Gasteiger partial charge in [-0.1, -0.05) is 22.0 Å². The molecule has 5 nitrogen and oxygen atoms in total. The predicted octanol–water partition coefficient (Wildman–Crippen LogP) is 1.48. The van der Waals surface area contributed by atoms with E-state index >= 15 is 0 Å². The van der Waals surface area contributed by atoms with Crippen LogP contribution >= 0.6 is 15.9 Å². The molecule has 2 N–H and O–H groups in total. The van der Waals surface area contributed by atoms with Crippen LogP contribution in [0.3, 0.4) is 0 Å². The maximum Gasteiger partial charge on any atom is 0.246 e. The molecule has 0 aromatic heterocycles. The van der Waals surface area contributed by atoms with Crippen LogP contribution in [0, 0.1) is 5.82 Å². The van der Waals surface area contributed by atoms with Crippen molar-refractivity contribution >= 4 is 26.0 Å². The summed E-state index contributed by atoms with van der Waals surface area (Å²) in [6.45, 7) is 3.20. The van der Waals surface area contributed by atoms with Crippen molar-refractivity contribution in [1.82, 2.24) is 9.62 Å². The van der Waals surface area contributed by atoms with Gasteiger partial charge in [0.05, 0.1) is 6.61 Å². The lowest BCUT2D eigenvalue weighted by molar-refractivity contribution is 0.260. The van der Waals surface area contributed by atoms with Crippen LogP contribution in [-0.2, 0) is 16.6 Å². The van der Waals surface area contributed by atoms with Crippen molar-refractivity contribution in [3.05, 3.63) is 40.6 Å². The third-order valence-electron chi connectivity index (χ3n) is 2.75. The zero-order valence-corrected chi connectivity index (χ0v) is 14.0. The molecule has 1 aromatic carbocycles. The molecule has 8 heteroatoms. The molecule has 118 valence electrons. The van der Waals surface area contributed by atoms with E-state index in [1.807, 2.05) is 0 Å². The maximum atomic E-state index is 14.4. The minimum absolute atomic E-state index is 0.00376. The van der Waals surface area contributed by atoms with E-state index in [2.05, 4.69) is 27.8 Å². The average molecular weight is 381 g/mol. The first kappa shape index (κ1) is 18.2. The number of benzene rings is 1. The van der Waals surface area contributed by atoms with Crippen molar-refractivity contribution in [3.8, 4) is 0 Å². The van der Waals surface area contributed by atoms with Gasteiger partial charge in [0.2, 0.25) is 10.0 Å². The second-order valence-electron chi connectivity index (χ2n) is 4.28. The zero-order valence-electron chi connectivity index (χ0n) is 11.6. The fourth-order valence-corrected chi connectivity index (χ4v) is 4.02. The molecule has 0 spiro atoms. The van der Waals surface area contributed by atoms with Gasteiger partial charge in [0, 0.05) is 29.7 Å². The smallest absolute Gasteiger partial charge is 0.246 e. The molecule has 0 radical (unpaired) electrons. The number of sulfonamides is 1. The van der Waals surface area contributed by atoms with Gasteiger partial charge in [0.1, 0.15) is 10.7 Å². The van der Waals surface area contributed by atoms with Crippen LogP contribution in [0.5, 0.6) is 0 Å². The summed E-state index contributed by atoms with van der Waals surface area (Å²) in [4.78, 5) is -0.419. The highest BCUT2D eigenvalue weighted by Crippen LogP contribution is 2.26. The molecule has 0 fully saturated rings. The van der Waals surface area contributed by atoms with E-state index in [1.54, 1.807) is 7.05 Å². The van der Waals surface area contributed by atoms with Gasteiger partial charge in [-0.05, 0) is 19.2 Å². The lowest BCUT2D eigenvalue weighted by atomic mass is 10.2. The first-order chi connectivity index (χ1) is 9.88. The Bertz CT molecular complexity index is 608. The van der Waals surface area contributed by atoms with Crippen LogP contribution in [-0.4, -0.2) is 44.6 Å². The van der Waals surface area contributed by atoms with Crippen molar-refractivity contribution in [2.45, 2.75) is 11.4 Å². The molecule has 0 atom stereocenters. The highest BCUT2D eigenvalue weighted by molar-refractivity contribution is 9.10. The van der Waals surface area contributed by atoms with Crippen LogP contribution < -0.4 is 5.32 Å². The van der Waals surface area contributed by atoms with Gasteiger partial charge in [0.15, 0.2) is 0 Å². The van der Waals surface area contributed by atoms with Crippen molar-refractivity contribution in [3.63, 3.8) is 0 Å². The first-order valence-corrected chi connectivity index (χ1v) is 8.46. The number of rotatable bonds is 8. The van der Waals surface area contributed by atoms with E-state index in [-0.39, 0.29) is 31.8 Å². The first-order valence-electron chi connectivity index (χ1n) is 6.22. The molecule has 0 unspecified atom stereocenters. The molecule has 0 amide bonds. The van der Waals surface area contributed by atoms with E-state index in [9.17, 15) is 12.8 Å². The highest BCUT2D eigenvalue weighted by Gasteiger charge is 2.28. The number of halogens is 2. The molecule has 0 aliphatic rings. The molecule has 0 saturated heterocycles. The Balaban J connectivity index is 3.38. The average Bonchev–Trinajstić information content (AvgIpc) is 2.42. The molecule has 0 aliphatic carbocycles. The molecule has 0 bridgehead atoms. The normalized spacial score (nSPS) is 11.9. The second-order valence-corrected chi connectivity index (χ2v) is 7.10. The summed E-state index contributed by atoms with van der Waals surface area (Å²) in [7, 11) is -2.41. The number of hydrogen-bond acceptors (Lipinski definition) is 4. The summed E-state index contributed by atoms with van der Waals surface area (Å²) >= 11 is 3.19. The Labute approximate surface area is 132 Å². The third kappa shape index (κ3) is 4.33. The topological polar surface area (TPSA) is 69.6 Å². The fourth-order valence-electron chi connectivity index (χ4n) is 1.83. The Morgan fingerprint density at radius 1 is 1.52 bits per heavy atom. The molecule has 0 saturated carbocycles. The molecule has 1 aromatic rings. The maximum absolute atomic E-state index is 14.4. The Hall–Kier alpha value is -0.800. The van der Waals surface area contributed by atoms with Crippen LogP contribution in [0.1, 0.15) is 5.56 Å². The third-order valence-corrected chi connectivity index (χ3v) is 5.07. The van der Waals surface area contributed by atoms with E-state index in [1.165, 1.54) is 18.2 Å². The Morgan fingerprint density at radius 3 is 2.71 bits per heavy atom. The predicted molar refractivity (Wildman–Crippen MR) is 82.9 cm³/mol. The van der Waals surface area contributed by atoms with Crippen LogP contribution in [0.25, 0.3) is 0 Å². The quantitative estimate of drug-likeness (QED) is 0.670. The van der Waals surface area contributed by atoms with Gasteiger partial charge in [-0.2, -0.15) is 4.31 Å². The summed E-state index contributed by atoms with van der Waals surface area (Å²) in [6, 6.07) is 2.74. The van der Waals surface area contributed by atoms with Crippen molar-refractivity contribution in [2.24, 2.45) is 0 Å². The number of hydrogen-bond donors (Lipinski definition) is 2. The lowest BCUT2D eigenvalue weighted by Gasteiger charge is -2.21. The molecule has 0 aliphatic heterocycles. The number of nitrogens with zero attached hydrogens (tertiary/aromatic N) is 1. The van der Waals surface area contributed by atoms with Crippen LogP contribution in [0.15, 0.2) is 34.2 Å².